The number of hydrogen-bond donors (Lipinski definition) is 0. The molecule has 5 rings (SSSR count). The number of pyridine rings is 1. The van der Waals surface area contributed by atoms with Crippen LogP contribution in [0.25, 0.3) is 0 Å². The number of carbonyl (C=O) groups excluding carboxylic acids is 2. The summed E-state index contributed by atoms with van der Waals surface area (Å²) in [6.07, 6.45) is 5.45. The maximum atomic E-state index is 13.8. The average molecular weight is 524 g/mol. The molecular formula is C32H30FN3O3. The highest BCUT2D eigenvalue weighted by atomic mass is 19.1. The molecule has 1 aliphatic heterocycles. The maximum absolute atomic E-state index is 13.8. The fourth-order valence-electron chi connectivity index (χ4n) is 4.71. The highest BCUT2D eigenvalue weighted by molar-refractivity contribution is 5.99. The highest BCUT2D eigenvalue weighted by Gasteiger charge is 2.23. The van der Waals surface area contributed by atoms with Crippen LogP contribution in [-0.2, 0) is 24.3 Å². The Kier molecular flexibility index (Phi) is 8.26. The first-order valence-corrected chi connectivity index (χ1v) is 13.1. The first kappa shape index (κ1) is 26.1. The lowest BCUT2D eigenvalue weighted by atomic mass is 10.1. The molecular weight excluding hydrogens is 493 g/mol. The van der Waals surface area contributed by atoms with Crippen molar-refractivity contribution in [2.75, 3.05) is 18.1 Å². The largest absolute Gasteiger partial charge is 0.493 e. The molecule has 0 radical (unpaired) electrons. The van der Waals surface area contributed by atoms with Crippen LogP contribution in [0, 0.1) is 5.82 Å². The topological polar surface area (TPSA) is 62.7 Å². The van der Waals surface area contributed by atoms with Gasteiger partial charge in [0.25, 0.3) is 5.91 Å². The third-order valence-corrected chi connectivity index (χ3v) is 6.73. The lowest BCUT2D eigenvalue weighted by Crippen LogP contribution is -2.30. The van der Waals surface area contributed by atoms with E-state index in [9.17, 15) is 14.0 Å². The van der Waals surface area contributed by atoms with Crippen LogP contribution in [0.15, 0.2) is 97.3 Å². The lowest BCUT2D eigenvalue weighted by molar-refractivity contribution is -0.117. The van der Waals surface area contributed by atoms with Gasteiger partial charge in [-0.1, -0.05) is 30.3 Å². The predicted octanol–water partition coefficient (Wildman–Crippen LogP) is 5.81. The summed E-state index contributed by atoms with van der Waals surface area (Å²) in [5.74, 6) is 0.419. The van der Waals surface area contributed by atoms with E-state index >= 15 is 0 Å². The third-order valence-electron chi connectivity index (χ3n) is 6.73. The molecule has 0 bridgehead atoms. The summed E-state index contributed by atoms with van der Waals surface area (Å²) in [4.78, 5) is 33.7. The normalized spacial score (nSPS) is 12.9. The van der Waals surface area contributed by atoms with Crippen molar-refractivity contribution in [3.63, 3.8) is 0 Å². The Morgan fingerprint density at radius 3 is 2.44 bits per heavy atom. The quantitative estimate of drug-likeness (QED) is 0.263. The van der Waals surface area contributed by atoms with Gasteiger partial charge in [-0.2, -0.15) is 0 Å². The Hall–Kier alpha value is -4.52. The first-order chi connectivity index (χ1) is 19.0. The molecule has 39 heavy (non-hydrogen) atoms. The SMILES string of the molecule is O=C(c1cccc(N2CCCC2=O)c1)N(Cc1ccncc1)Cc1cccc(OCCc2ccc(F)cc2)c1. The van der Waals surface area contributed by atoms with E-state index in [1.54, 1.807) is 46.5 Å². The molecule has 1 fully saturated rings. The molecule has 0 N–H and O–H groups in total. The molecule has 6 nitrogen and oxygen atoms in total. The fourth-order valence-corrected chi connectivity index (χ4v) is 4.71. The number of ether oxygens (including phenoxy) is 1. The maximum Gasteiger partial charge on any atom is 0.254 e. The van der Waals surface area contributed by atoms with Gasteiger partial charge in [0.1, 0.15) is 11.6 Å². The van der Waals surface area contributed by atoms with Crippen molar-refractivity contribution in [3.8, 4) is 5.75 Å². The Morgan fingerprint density at radius 2 is 1.67 bits per heavy atom. The van der Waals surface area contributed by atoms with Crippen molar-refractivity contribution in [3.05, 3.63) is 125 Å². The van der Waals surface area contributed by atoms with Gasteiger partial charge in [-0.05, 0) is 77.7 Å². The Balaban J connectivity index is 1.32. The molecule has 2 heterocycles. The van der Waals surface area contributed by atoms with E-state index in [1.165, 1.54) is 12.1 Å². The smallest absolute Gasteiger partial charge is 0.254 e. The second kappa shape index (κ2) is 12.3. The Labute approximate surface area is 227 Å². The summed E-state index contributed by atoms with van der Waals surface area (Å²) in [7, 11) is 0. The van der Waals surface area contributed by atoms with Gasteiger partial charge in [0.15, 0.2) is 0 Å². The molecule has 3 aromatic carbocycles. The van der Waals surface area contributed by atoms with E-state index in [0.29, 0.717) is 50.4 Å². The van der Waals surface area contributed by atoms with Gasteiger partial charge in [-0.15, -0.1) is 0 Å². The second-order valence-electron chi connectivity index (χ2n) is 9.59. The van der Waals surface area contributed by atoms with E-state index in [1.807, 2.05) is 48.5 Å². The van der Waals surface area contributed by atoms with Crippen LogP contribution < -0.4 is 9.64 Å². The molecule has 1 aromatic heterocycles. The molecule has 4 aromatic rings. The van der Waals surface area contributed by atoms with Gasteiger partial charge in [0, 0.05) is 56.1 Å². The number of carbonyl (C=O) groups is 2. The standard InChI is InChI=1S/C32H30FN3O3/c33-28-11-9-24(10-12-28)15-19-39-30-7-1-4-26(20-30)23-35(22-25-13-16-34-17-14-25)32(38)27-5-2-6-29(21-27)36-18-3-8-31(36)37/h1-2,4-7,9-14,16-17,20-21H,3,8,15,18-19,22-23H2. The highest BCUT2D eigenvalue weighted by Crippen LogP contribution is 2.24. The van der Waals surface area contributed by atoms with Crippen molar-refractivity contribution in [1.82, 2.24) is 9.88 Å². The van der Waals surface area contributed by atoms with Gasteiger partial charge in [-0.3, -0.25) is 14.6 Å². The van der Waals surface area contributed by atoms with Crippen molar-refractivity contribution in [2.24, 2.45) is 0 Å². The van der Waals surface area contributed by atoms with Gasteiger partial charge in [-0.25, -0.2) is 4.39 Å². The number of halogens is 1. The molecule has 0 unspecified atom stereocenters. The number of hydrogen-bond acceptors (Lipinski definition) is 4. The molecule has 1 saturated heterocycles. The van der Waals surface area contributed by atoms with E-state index in [2.05, 4.69) is 4.98 Å². The zero-order valence-electron chi connectivity index (χ0n) is 21.6. The Morgan fingerprint density at radius 1 is 0.897 bits per heavy atom. The minimum atomic E-state index is -0.255. The molecule has 1 aliphatic rings. The van der Waals surface area contributed by atoms with E-state index < -0.39 is 0 Å². The molecule has 2 amide bonds. The van der Waals surface area contributed by atoms with E-state index in [-0.39, 0.29) is 17.6 Å². The summed E-state index contributed by atoms with van der Waals surface area (Å²) in [5.41, 5.74) is 4.19. The molecule has 0 aliphatic carbocycles. The summed E-state index contributed by atoms with van der Waals surface area (Å²) < 4.78 is 19.1. The zero-order valence-corrected chi connectivity index (χ0v) is 21.6. The molecule has 0 saturated carbocycles. The molecule has 7 heteroatoms. The summed E-state index contributed by atoms with van der Waals surface area (Å²) >= 11 is 0. The number of benzene rings is 3. The molecule has 198 valence electrons. The van der Waals surface area contributed by atoms with Crippen molar-refractivity contribution in [2.45, 2.75) is 32.4 Å². The average Bonchev–Trinajstić information content (AvgIpc) is 3.40. The summed E-state index contributed by atoms with van der Waals surface area (Å²) in [6, 6.07) is 25.2. The first-order valence-electron chi connectivity index (χ1n) is 13.1. The molecule has 0 spiro atoms. The number of nitrogens with zero attached hydrogens (tertiary/aromatic N) is 3. The Bertz CT molecular complexity index is 1430. The van der Waals surface area contributed by atoms with Crippen LogP contribution in [0.1, 0.15) is 39.9 Å². The summed E-state index contributed by atoms with van der Waals surface area (Å²) in [5, 5.41) is 0. The van der Waals surface area contributed by atoms with Crippen LogP contribution >= 0.6 is 0 Å². The van der Waals surface area contributed by atoms with Crippen LogP contribution in [0.3, 0.4) is 0 Å². The monoisotopic (exact) mass is 523 g/mol. The van der Waals surface area contributed by atoms with Crippen LogP contribution in [0.5, 0.6) is 5.75 Å². The van der Waals surface area contributed by atoms with Crippen molar-refractivity contribution >= 4 is 17.5 Å². The van der Waals surface area contributed by atoms with Gasteiger partial charge >= 0.3 is 0 Å². The lowest BCUT2D eigenvalue weighted by Gasteiger charge is -2.24. The van der Waals surface area contributed by atoms with Gasteiger partial charge < -0.3 is 14.5 Å². The predicted molar refractivity (Wildman–Crippen MR) is 148 cm³/mol. The minimum Gasteiger partial charge on any atom is -0.493 e. The van der Waals surface area contributed by atoms with E-state index in [4.69, 9.17) is 4.74 Å². The number of amides is 2. The third kappa shape index (κ3) is 6.87. The van der Waals surface area contributed by atoms with Crippen molar-refractivity contribution in [1.29, 1.82) is 0 Å². The van der Waals surface area contributed by atoms with E-state index in [0.717, 1.165) is 28.8 Å². The minimum absolute atomic E-state index is 0.0875. The number of rotatable bonds is 10. The zero-order chi connectivity index (χ0) is 27.0. The van der Waals surface area contributed by atoms with Gasteiger partial charge in [0.2, 0.25) is 5.91 Å². The fraction of sp³-hybridized carbons (Fsp3) is 0.219. The summed E-state index contributed by atoms with van der Waals surface area (Å²) in [6.45, 7) is 1.91. The molecule has 0 atom stereocenters. The van der Waals surface area contributed by atoms with Crippen LogP contribution in [-0.4, -0.2) is 34.8 Å². The number of anilines is 1. The van der Waals surface area contributed by atoms with Crippen LogP contribution in [0.2, 0.25) is 0 Å². The second-order valence-corrected chi connectivity index (χ2v) is 9.59. The number of aromatic nitrogens is 1. The van der Waals surface area contributed by atoms with Crippen molar-refractivity contribution < 1.29 is 18.7 Å². The van der Waals surface area contributed by atoms with Crippen LogP contribution in [0.4, 0.5) is 10.1 Å². The van der Waals surface area contributed by atoms with Gasteiger partial charge in [0.05, 0.1) is 6.61 Å².